The third-order valence-corrected chi connectivity index (χ3v) is 3.71. The Hall–Kier alpha value is -1.45. The molecule has 0 aromatic heterocycles. The highest BCUT2D eigenvalue weighted by atomic mass is 35.5. The van der Waals surface area contributed by atoms with Gasteiger partial charge in [-0.3, -0.25) is 0 Å². The summed E-state index contributed by atoms with van der Waals surface area (Å²) in [7, 11) is 0. The molecule has 0 aliphatic rings. The molecule has 0 saturated carbocycles. The van der Waals surface area contributed by atoms with Crippen LogP contribution in [-0.2, 0) is 9.53 Å². The molecule has 24 heavy (non-hydrogen) atoms. The number of esters is 1. The van der Waals surface area contributed by atoms with Crippen LogP contribution in [0.5, 0.6) is 5.75 Å². The second kappa shape index (κ2) is 12.0. The van der Waals surface area contributed by atoms with Gasteiger partial charge in [-0.25, -0.2) is 4.79 Å². The molecule has 0 unspecified atom stereocenters. The molecule has 0 fully saturated rings. The van der Waals surface area contributed by atoms with Crippen LogP contribution in [0.4, 0.5) is 0 Å². The number of rotatable bonds is 10. The minimum Gasteiger partial charge on any atom is -0.488 e. The van der Waals surface area contributed by atoms with E-state index in [0.29, 0.717) is 15.8 Å². The number of ether oxygens (including phenoxy) is 2. The van der Waals surface area contributed by atoms with Crippen molar-refractivity contribution in [2.24, 2.45) is 0 Å². The van der Waals surface area contributed by atoms with E-state index in [1.807, 2.05) is 13.0 Å². The van der Waals surface area contributed by atoms with Crippen molar-refractivity contribution in [1.29, 1.82) is 0 Å². The second-order valence-electron chi connectivity index (χ2n) is 5.38. The quantitative estimate of drug-likeness (QED) is 0.219. The Morgan fingerprint density at radius 1 is 1.21 bits per heavy atom. The standard InChI is InChI=1S/C19H24Cl2O3/c1-3-4-5-6-7-8-15(2)13-19(22)24-12-11-23-18-10-9-16(20)14-17(18)21/h7-10,13-14H,3-6,11-12H2,1-2H3/b8-7+,15-13+. The van der Waals surface area contributed by atoms with Crippen LogP contribution >= 0.6 is 23.2 Å². The summed E-state index contributed by atoms with van der Waals surface area (Å²) in [6.07, 6.45) is 10.1. The van der Waals surface area contributed by atoms with Gasteiger partial charge in [-0.1, -0.05) is 55.1 Å². The summed E-state index contributed by atoms with van der Waals surface area (Å²) >= 11 is 11.8. The smallest absolute Gasteiger partial charge is 0.331 e. The van der Waals surface area contributed by atoms with Crippen LogP contribution in [0.25, 0.3) is 0 Å². The monoisotopic (exact) mass is 370 g/mol. The molecule has 132 valence electrons. The lowest BCUT2D eigenvalue weighted by molar-refractivity contribution is -0.138. The summed E-state index contributed by atoms with van der Waals surface area (Å²) in [6, 6.07) is 4.97. The van der Waals surface area contributed by atoms with E-state index in [-0.39, 0.29) is 19.2 Å². The van der Waals surface area contributed by atoms with E-state index in [0.717, 1.165) is 12.0 Å². The molecule has 1 rings (SSSR count). The summed E-state index contributed by atoms with van der Waals surface area (Å²) in [4.78, 5) is 11.7. The third kappa shape index (κ3) is 8.99. The fourth-order valence-electron chi connectivity index (χ4n) is 1.94. The minimum absolute atomic E-state index is 0.155. The third-order valence-electron chi connectivity index (χ3n) is 3.18. The van der Waals surface area contributed by atoms with E-state index in [9.17, 15) is 4.79 Å². The van der Waals surface area contributed by atoms with Gasteiger partial charge < -0.3 is 9.47 Å². The molecule has 5 heteroatoms. The largest absolute Gasteiger partial charge is 0.488 e. The number of halogens is 2. The predicted molar refractivity (Wildman–Crippen MR) is 100.0 cm³/mol. The highest BCUT2D eigenvalue weighted by Gasteiger charge is 2.03. The van der Waals surface area contributed by atoms with Crippen LogP contribution in [-0.4, -0.2) is 19.2 Å². The van der Waals surface area contributed by atoms with Crippen molar-refractivity contribution in [2.75, 3.05) is 13.2 Å². The number of hydrogen-bond donors (Lipinski definition) is 0. The minimum atomic E-state index is -0.378. The predicted octanol–water partition coefficient (Wildman–Crippen LogP) is 6.00. The van der Waals surface area contributed by atoms with Crippen molar-refractivity contribution in [3.8, 4) is 5.75 Å². The molecule has 0 saturated heterocycles. The highest BCUT2D eigenvalue weighted by molar-refractivity contribution is 6.35. The molecule has 0 N–H and O–H groups in total. The number of carbonyl (C=O) groups excluding carboxylic acids is 1. The van der Waals surface area contributed by atoms with Gasteiger partial charge in [0.2, 0.25) is 0 Å². The maximum Gasteiger partial charge on any atom is 0.331 e. The van der Waals surface area contributed by atoms with Crippen molar-refractivity contribution >= 4 is 29.2 Å². The Kier molecular flexibility index (Phi) is 10.3. The number of hydrogen-bond acceptors (Lipinski definition) is 3. The molecule has 0 bridgehead atoms. The van der Waals surface area contributed by atoms with E-state index >= 15 is 0 Å². The van der Waals surface area contributed by atoms with Crippen molar-refractivity contribution in [3.63, 3.8) is 0 Å². The van der Waals surface area contributed by atoms with Gasteiger partial charge in [0, 0.05) is 11.1 Å². The molecule has 0 amide bonds. The van der Waals surface area contributed by atoms with Crippen LogP contribution in [0.2, 0.25) is 10.0 Å². The SMILES string of the molecule is CCCCC/C=C/C(C)=C/C(=O)OCCOc1ccc(Cl)cc1Cl. The zero-order valence-electron chi connectivity index (χ0n) is 14.2. The number of unbranched alkanes of at least 4 members (excludes halogenated alkanes) is 3. The molecule has 0 atom stereocenters. The fraction of sp³-hybridized carbons (Fsp3) is 0.421. The molecule has 0 radical (unpaired) electrons. The Morgan fingerprint density at radius 2 is 2.00 bits per heavy atom. The Morgan fingerprint density at radius 3 is 2.71 bits per heavy atom. The molecular weight excluding hydrogens is 347 g/mol. The lowest BCUT2D eigenvalue weighted by Gasteiger charge is -2.08. The Bertz CT molecular complexity index is 580. The van der Waals surface area contributed by atoms with Crippen LogP contribution in [0, 0.1) is 0 Å². The topological polar surface area (TPSA) is 35.5 Å². The van der Waals surface area contributed by atoms with Crippen molar-refractivity contribution in [2.45, 2.75) is 39.5 Å². The van der Waals surface area contributed by atoms with Crippen molar-refractivity contribution in [1.82, 2.24) is 0 Å². The van der Waals surface area contributed by atoms with Gasteiger partial charge in [-0.2, -0.15) is 0 Å². The van der Waals surface area contributed by atoms with Gasteiger partial charge in [0.15, 0.2) is 0 Å². The molecule has 0 aliphatic carbocycles. The molecule has 0 heterocycles. The van der Waals surface area contributed by atoms with Gasteiger partial charge in [0.25, 0.3) is 0 Å². The lowest BCUT2D eigenvalue weighted by atomic mass is 10.1. The van der Waals surface area contributed by atoms with Gasteiger partial charge >= 0.3 is 5.97 Å². The summed E-state index contributed by atoms with van der Waals surface area (Å²) < 4.78 is 10.5. The van der Waals surface area contributed by atoms with E-state index in [1.54, 1.807) is 18.2 Å². The molecule has 1 aromatic rings. The average molecular weight is 371 g/mol. The number of benzene rings is 1. The highest BCUT2D eigenvalue weighted by Crippen LogP contribution is 2.27. The van der Waals surface area contributed by atoms with Gasteiger partial charge in [-0.05, 0) is 43.5 Å². The first kappa shape index (κ1) is 20.6. The lowest BCUT2D eigenvalue weighted by Crippen LogP contribution is -2.10. The Balaban J connectivity index is 2.26. The van der Waals surface area contributed by atoms with E-state index < -0.39 is 0 Å². The first-order chi connectivity index (χ1) is 11.5. The van der Waals surface area contributed by atoms with E-state index in [4.69, 9.17) is 32.7 Å². The number of carbonyl (C=O) groups is 1. The summed E-state index contributed by atoms with van der Waals surface area (Å²) in [6.45, 7) is 4.44. The van der Waals surface area contributed by atoms with Crippen molar-refractivity contribution in [3.05, 3.63) is 52.0 Å². The maximum atomic E-state index is 11.7. The van der Waals surface area contributed by atoms with E-state index in [2.05, 4.69) is 13.0 Å². The molecule has 1 aromatic carbocycles. The van der Waals surface area contributed by atoms with Crippen LogP contribution in [0.3, 0.4) is 0 Å². The summed E-state index contributed by atoms with van der Waals surface area (Å²) in [5.74, 6) is 0.135. The molecular formula is C19H24Cl2O3. The molecule has 3 nitrogen and oxygen atoms in total. The van der Waals surface area contributed by atoms with Gasteiger partial charge in [0.05, 0.1) is 5.02 Å². The second-order valence-corrected chi connectivity index (χ2v) is 6.22. The normalized spacial score (nSPS) is 11.8. The molecule has 0 spiro atoms. The van der Waals surface area contributed by atoms with Crippen LogP contribution in [0.15, 0.2) is 42.0 Å². The number of allylic oxidation sites excluding steroid dienone is 3. The average Bonchev–Trinajstić information content (AvgIpc) is 2.53. The summed E-state index contributed by atoms with van der Waals surface area (Å²) in [5.41, 5.74) is 0.873. The van der Waals surface area contributed by atoms with E-state index in [1.165, 1.54) is 25.3 Å². The van der Waals surface area contributed by atoms with Gasteiger partial charge in [0.1, 0.15) is 19.0 Å². The zero-order valence-corrected chi connectivity index (χ0v) is 15.7. The summed E-state index contributed by atoms with van der Waals surface area (Å²) in [5, 5.41) is 0.972. The first-order valence-electron chi connectivity index (χ1n) is 8.12. The maximum absolute atomic E-state index is 11.7. The first-order valence-corrected chi connectivity index (χ1v) is 8.88. The Labute approximate surface area is 154 Å². The van der Waals surface area contributed by atoms with Crippen LogP contribution in [0.1, 0.15) is 39.5 Å². The van der Waals surface area contributed by atoms with Gasteiger partial charge in [-0.15, -0.1) is 0 Å². The zero-order chi connectivity index (χ0) is 17.8. The fourth-order valence-corrected chi connectivity index (χ4v) is 2.41. The van der Waals surface area contributed by atoms with Crippen LogP contribution < -0.4 is 4.74 Å². The van der Waals surface area contributed by atoms with Crippen molar-refractivity contribution < 1.29 is 14.3 Å². The molecule has 0 aliphatic heterocycles.